The van der Waals surface area contributed by atoms with Gasteiger partial charge in [0.1, 0.15) is 11.8 Å². The number of benzene rings is 2. The van der Waals surface area contributed by atoms with E-state index >= 15 is 0 Å². The van der Waals surface area contributed by atoms with Crippen molar-refractivity contribution < 1.29 is 14.3 Å². The van der Waals surface area contributed by atoms with E-state index in [1.807, 2.05) is 45.9 Å². The molecule has 0 aliphatic carbocycles. The Morgan fingerprint density at radius 1 is 1.10 bits per heavy atom. The number of nitrogens with zero attached hydrogens (tertiary/aromatic N) is 1. The average molecular weight is 451 g/mol. The first-order valence-corrected chi connectivity index (χ1v) is 10.5. The highest BCUT2D eigenvalue weighted by Crippen LogP contribution is 2.22. The molecule has 0 saturated carbocycles. The maximum Gasteiger partial charge on any atom is 0.261 e. The molecular weight excluding hydrogens is 423 g/mol. The molecule has 7 heteroatoms. The van der Waals surface area contributed by atoms with Gasteiger partial charge in [0, 0.05) is 22.1 Å². The normalized spacial score (nSPS) is 12.2. The van der Waals surface area contributed by atoms with E-state index in [1.165, 1.54) is 4.90 Å². The second kappa shape index (κ2) is 10.2. The molecule has 0 saturated heterocycles. The highest BCUT2D eigenvalue weighted by Gasteiger charge is 2.29. The largest absolute Gasteiger partial charge is 0.484 e. The number of hydrogen-bond acceptors (Lipinski definition) is 3. The van der Waals surface area contributed by atoms with Crippen LogP contribution in [0, 0.1) is 6.92 Å². The molecule has 0 aliphatic heterocycles. The molecule has 0 unspecified atom stereocenters. The summed E-state index contributed by atoms with van der Waals surface area (Å²) in [6, 6.07) is 11.7. The summed E-state index contributed by atoms with van der Waals surface area (Å²) in [5, 5.41) is 4.08. The van der Waals surface area contributed by atoms with E-state index in [0.717, 1.165) is 11.1 Å². The Morgan fingerprint density at radius 2 is 1.77 bits per heavy atom. The van der Waals surface area contributed by atoms with Crippen LogP contribution in [0.25, 0.3) is 0 Å². The summed E-state index contributed by atoms with van der Waals surface area (Å²) < 4.78 is 5.67. The molecule has 0 heterocycles. The molecule has 0 radical (unpaired) electrons. The molecule has 162 valence electrons. The van der Waals surface area contributed by atoms with Crippen molar-refractivity contribution in [3.63, 3.8) is 0 Å². The zero-order valence-corrected chi connectivity index (χ0v) is 19.5. The summed E-state index contributed by atoms with van der Waals surface area (Å²) >= 11 is 12.3. The van der Waals surface area contributed by atoms with Gasteiger partial charge in [-0.2, -0.15) is 0 Å². The Kier molecular flexibility index (Phi) is 8.16. The summed E-state index contributed by atoms with van der Waals surface area (Å²) in [5.74, 6) is -0.0286. The first kappa shape index (κ1) is 24.0. The monoisotopic (exact) mass is 450 g/mol. The number of nitrogens with one attached hydrogen (secondary N) is 1. The quantitative estimate of drug-likeness (QED) is 0.644. The Hall–Kier alpha value is -2.24. The first-order valence-electron chi connectivity index (χ1n) is 9.72. The summed E-state index contributed by atoms with van der Waals surface area (Å²) in [6.07, 6.45) is 0. The molecule has 0 spiro atoms. The second-order valence-corrected chi connectivity index (χ2v) is 9.04. The van der Waals surface area contributed by atoms with Crippen molar-refractivity contribution in [2.24, 2.45) is 0 Å². The maximum absolute atomic E-state index is 13.0. The fraction of sp³-hybridized carbons (Fsp3) is 0.391. The van der Waals surface area contributed by atoms with Crippen LogP contribution < -0.4 is 10.1 Å². The molecule has 1 N–H and O–H groups in total. The number of amides is 2. The van der Waals surface area contributed by atoms with Crippen molar-refractivity contribution in [1.82, 2.24) is 10.2 Å². The number of halogens is 2. The van der Waals surface area contributed by atoms with Crippen LogP contribution in [0.2, 0.25) is 10.0 Å². The predicted molar refractivity (Wildman–Crippen MR) is 121 cm³/mol. The molecule has 0 aliphatic rings. The van der Waals surface area contributed by atoms with Gasteiger partial charge in [-0.15, -0.1) is 0 Å². The van der Waals surface area contributed by atoms with Gasteiger partial charge in [0.05, 0.1) is 0 Å². The standard InChI is InChI=1S/C23H28Cl2N2O3/c1-15-12-18(10-11-19(15)24)30-14-21(28)27(13-17-8-6-7-9-20(17)25)16(2)22(29)26-23(3,4)5/h6-12,16H,13-14H2,1-5H3,(H,26,29)/t16-/m0/s1. The van der Waals surface area contributed by atoms with Crippen LogP contribution >= 0.6 is 23.2 Å². The van der Waals surface area contributed by atoms with Gasteiger partial charge in [0.15, 0.2) is 6.61 Å². The van der Waals surface area contributed by atoms with Crippen LogP contribution in [-0.4, -0.2) is 34.9 Å². The Balaban J connectivity index is 2.20. The van der Waals surface area contributed by atoms with Gasteiger partial charge in [-0.1, -0.05) is 41.4 Å². The van der Waals surface area contributed by atoms with E-state index in [-0.39, 0.29) is 25.0 Å². The Bertz CT molecular complexity index is 910. The number of carbonyl (C=O) groups is 2. The zero-order valence-electron chi connectivity index (χ0n) is 18.0. The third kappa shape index (κ3) is 6.92. The highest BCUT2D eigenvalue weighted by molar-refractivity contribution is 6.31. The van der Waals surface area contributed by atoms with E-state index in [4.69, 9.17) is 27.9 Å². The van der Waals surface area contributed by atoms with Gasteiger partial charge in [0.25, 0.3) is 5.91 Å². The van der Waals surface area contributed by atoms with Crippen molar-refractivity contribution in [2.75, 3.05) is 6.61 Å². The van der Waals surface area contributed by atoms with Gasteiger partial charge in [-0.3, -0.25) is 9.59 Å². The zero-order chi connectivity index (χ0) is 22.5. The molecule has 2 amide bonds. The van der Waals surface area contributed by atoms with Crippen LogP contribution in [0.15, 0.2) is 42.5 Å². The first-order chi connectivity index (χ1) is 14.0. The van der Waals surface area contributed by atoms with Gasteiger partial charge in [0.2, 0.25) is 5.91 Å². The number of rotatable bonds is 7. The van der Waals surface area contributed by atoms with E-state index in [9.17, 15) is 9.59 Å². The van der Waals surface area contributed by atoms with Crippen molar-refractivity contribution in [2.45, 2.75) is 52.7 Å². The van der Waals surface area contributed by atoms with Crippen molar-refractivity contribution in [3.05, 3.63) is 63.6 Å². The van der Waals surface area contributed by atoms with Crippen molar-refractivity contribution in [1.29, 1.82) is 0 Å². The molecule has 0 bridgehead atoms. The number of carbonyl (C=O) groups excluding carboxylic acids is 2. The lowest BCUT2D eigenvalue weighted by atomic mass is 10.1. The van der Waals surface area contributed by atoms with Crippen LogP contribution in [0.4, 0.5) is 0 Å². The van der Waals surface area contributed by atoms with E-state index in [2.05, 4.69) is 5.32 Å². The van der Waals surface area contributed by atoms with Crippen LogP contribution in [0.3, 0.4) is 0 Å². The van der Waals surface area contributed by atoms with E-state index in [1.54, 1.807) is 31.2 Å². The highest BCUT2D eigenvalue weighted by atomic mass is 35.5. The second-order valence-electron chi connectivity index (χ2n) is 8.23. The van der Waals surface area contributed by atoms with Gasteiger partial charge < -0.3 is 15.0 Å². The van der Waals surface area contributed by atoms with Gasteiger partial charge in [-0.25, -0.2) is 0 Å². The third-order valence-corrected chi connectivity index (χ3v) is 5.25. The molecule has 0 aromatic heterocycles. The lowest BCUT2D eigenvalue weighted by Gasteiger charge is -2.31. The van der Waals surface area contributed by atoms with Crippen molar-refractivity contribution in [3.8, 4) is 5.75 Å². The van der Waals surface area contributed by atoms with Gasteiger partial charge in [-0.05, 0) is 70.0 Å². The molecule has 2 aromatic carbocycles. The lowest BCUT2D eigenvalue weighted by Crippen LogP contribution is -2.53. The predicted octanol–water partition coefficient (Wildman–Crippen LogP) is 5.01. The van der Waals surface area contributed by atoms with Crippen LogP contribution in [0.5, 0.6) is 5.75 Å². The average Bonchev–Trinajstić information content (AvgIpc) is 2.66. The Morgan fingerprint density at radius 3 is 2.37 bits per heavy atom. The summed E-state index contributed by atoms with van der Waals surface area (Å²) in [5.41, 5.74) is 1.19. The number of ether oxygens (including phenoxy) is 1. The van der Waals surface area contributed by atoms with E-state index in [0.29, 0.717) is 15.8 Å². The van der Waals surface area contributed by atoms with Crippen LogP contribution in [-0.2, 0) is 16.1 Å². The molecule has 5 nitrogen and oxygen atoms in total. The minimum atomic E-state index is -0.705. The number of aryl methyl sites for hydroxylation is 1. The smallest absolute Gasteiger partial charge is 0.261 e. The molecular formula is C23H28Cl2N2O3. The van der Waals surface area contributed by atoms with E-state index < -0.39 is 11.6 Å². The molecule has 2 rings (SSSR count). The third-order valence-electron chi connectivity index (χ3n) is 4.46. The Labute approximate surface area is 188 Å². The number of hydrogen-bond donors (Lipinski definition) is 1. The summed E-state index contributed by atoms with van der Waals surface area (Å²) in [4.78, 5) is 27.3. The SMILES string of the molecule is Cc1cc(OCC(=O)N(Cc2ccccc2Cl)[C@@H](C)C(=O)NC(C)(C)C)ccc1Cl. The topological polar surface area (TPSA) is 58.6 Å². The summed E-state index contributed by atoms with van der Waals surface area (Å²) in [6.45, 7) is 9.22. The molecule has 1 atom stereocenters. The van der Waals surface area contributed by atoms with Crippen LogP contribution in [0.1, 0.15) is 38.8 Å². The van der Waals surface area contributed by atoms with Gasteiger partial charge >= 0.3 is 0 Å². The maximum atomic E-state index is 13.0. The molecule has 2 aromatic rings. The minimum absolute atomic E-state index is 0.195. The fourth-order valence-corrected chi connectivity index (χ4v) is 3.11. The fourth-order valence-electron chi connectivity index (χ4n) is 2.80. The molecule has 30 heavy (non-hydrogen) atoms. The molecule has 0 fully saturated rings. The van der Waals surface area contributed by atoms with Crippen molar-refractivity contribution >= 4 is 35.0 Å². The lowest BCUT2D eigenvalue weighted by molar-refractivity contribution is -0.142. The summed E-state index contributed by atoms with van der Waals surface area (Å²) in [7, 11) is 0. The minimum Gasteiger partial charge on any atom is -0.484 e.